The number of methoxy groups -OCH3 is 1. The highest BCUT2D eigenvalue weighted by Crippen LogP contribution is 2.10. The first-order valence-electron chi connectivity index (χ1n) is 6.44. The lowest BCUT2D eigenvalue weighted by molar-refractivity contribution is -0.158. The Morgan fingerprint density at radius 2 is 2.15 bits per heavy atom. The molecule has 1 heterocycles. The minimum Gasteiger partial charge on any atom is -0.481 e. The number of carbonyl (C=O) groups is 3. The van der Waals surface area contributed by atoms with E-state index in [-0.39, 0.29) is 32.1 Å². The average Bonchev–Trinajstić information content (AvgIpc) is 2.46. The Hall–Kier alpha value is -1.83. The normalized spacial score (nSPS) is 18.5. The molecule has 1 N–H and O–H groups in total. The summed E-state index contributed by atoms with van der Waals surface area (Å²) in [5.41, 5.74) is 0. The van der Waals surface area contributed by atoms with Gasteiger partial charge in [-0.05, 0) is 6.92 Å². The molecule has 0 saturated carbocycles. The van der Waals surface area contributed by atoms with Crippen molar-refractivity contribution in [1.82, 2.24) is 9.80 Å². The number of carboxylic acids is 1. The van der Waals surface area contributed by atoms with Crippen molar-refractivity contribution in [2.45, 2.75) is 19.4 Å². The number of carbonyl (C=O) groups excluding carboxylic acids is 2. The summed E-state index contributed by atoms with van der Waals surface area (Å²) in [4.78, 5) is 37.1. The van der Waals surface area contributed by atoms with E-state index in [0.717, 1.165) is 0 Å². The largest absolute Gasteiger partial charge is 0.481 e. The van der Waals surface area contributed by atoms with Crippen LogP contribution in [0.25, 0.3) is 0 Å². The summed E-state index contributed by atoms with van der Waals surface area (Å²) in [6, 6.07) is -0.286. The van der Waals surface area contributed by atoms with E-state index in [1.165, 1.54) is 16.9 Å². The first-order chi connectivity index (χ1) is 9.49. The van der Waals surface area contributed by atoms with E-state index in [1.807, 2.05) is 0 Å². The molecule has 1 unspecified atom stereocenters. The second-order valence-corrected chi connectivity index (χ2v) is 4.33. The van der Waals surface area contributed by atoms with Gasteiger partial charge in [0.2, 0.25) is 0 Å². The number of nitrogens with zero attached hydrogens (tertiary/aromatic N) is 2. The summed E-state index contributed by atoms with van der Waals surface area (Å²) in [5.74, 6) is -1.47. The van der Waals surface area contributed by atoms with Crippen molar-refractivity contribution in [1.29, 1.82) is 0 Å². The number of amides is 2. The zero-order valence-corrected chi connectivity index (χ0v) is 11.7. The standard InChI is InChI=1S/C12H20N2O6/c1-3-13(5-4-10(15)16)12(18)14-6-7-20-9(8-14)11(17)19-2/h9H,3-8H2,1-2H3,(H,15,16). The number of urea groups is 1. The van der Waals surface area contributed by atoms with Crippen LogP contribution in [0.5, 0.6) is 0 Å². The Kier molecular flexibility index (Phi) is 6.23. The number of hydrogen-bond donors (Lipinski definition) is 1. The van der Waals surface area contributed by atoms with Crippen molar-refractivity contribution in [3.05, 3.63) is 0 Å². The maximum Gasteiger partial charge on any atom is 0.336 e. The maximum absolute atomic E-state index is 12.2. The molecule has 1 rings (SSSR count). The average molecular weight is 288 g/mol. The molecule has 8 heteroatoms. The molecule has 1 atom stereocenters. The van der Waals surface area contributed by atoms with Gasteiger partial charge in [0.15, 0.2) is 6.10 Å². The van der Waals surface area contributed by atoms with Gasteiger partial charge in [0.05, 0.1) is 26.7 Å². The summed E-state index contributed by atoms with van der Waals surface area (Å²) >= 11 is 0. The van der Waals surface area contributed by atoms with Gasteiger partial charge < -0.3 is 24.4 Å². The fourth-order valence-corrected chi connectivity index (χ4v) is 1.92. The summed E-state index contributed by atoms with van der Waals surface area (Å²) in [6.45, 7) is 3.07. The minimum absolute atomic E-state index is 0.107. The van der Waals surface area contributed by atoms with Crippen LogP contribution in [0, 0.1) is 0 Å². The second-order valence-electron chi connectivity index (χ2n) is 4.33. The third-order valence-corrected chi connectivity index (χ3v) is 3.05. The molecular weight excluding hydrogens is 268 g/mol. The number of rotatable bonds is 5. The van der Waals surface area contributed by atoms with E-state index in [0.29, 0.717) is 13.1 Å². The van der Waals surface area contributed by atoms with Crippen molar-refractivity contribution in [3.63, 3.8) is 0 Å². The zero-order valence-electron chi connectivity index (χ0n) is 11.7. The SMILES string of the molecule is CCN(CCC(=O)O)C(=O)N1CCOC(C(=O)OC)C1. The Morgan fingerprint density at radius 3 is 2.70 bits per heavy atom. The maximum atomic E-state index is 12.2. The summed E-state index contributed by atoms with van der Waals surface area (Å²) in [6.07, 6.45) is -0.888. The number of ether oxygens (including phenoxy) is 2. The second kappa shape index (κ2) is 7.68. The van der Waals surface area contributed by atoms with E-state index in [1.54, 1.807) is 6.92 Å². The number of hydrogen-bond acceptors (Lipinski definition) is 5. The van der Waals surface area contributed by atoms with Gasteiger partial charge in [-0.3, -0.25) is 4.79 Å². The van der Waals surface area contributed by atoms with Gasteiger partial charge in [-0.1, -0.05) is 0 Å². The van der Waals surface area contributed by atoms with Crippen molar-refractivity contribution in [2.75, 3.05) is 39.9 Å². The van der Waals surface area contributed by atoms with Crippen LogP contribution < -0.4 is 0 Å². The topological polar surface area (TPSA) is 96.4 Å². The quantitative estimate of drug-likeness (QED) is 0.702. The predicted octanol–water partition coefficient (Wildman–Crippen LogP) is -0.223. The zero-order chi connectivity index (χ0) is 15.1. The fraction of sp³-hybridized carbons (Fsp3) is 0.750. The Bertz CT molecular complexity index is 373. The molecule has 1 aliphatic heterocycles. The molecule has 0 aromatic rings. The van der Waals surface area contributed by atoms with Gasteiger partial charge in [-0.15, -0.1) is 0 Å². The molecule has 0 bridgehead atoms. The molecule has 1 saturated heterocycles. The Balaban J connectivity index is 2.59. The van der Waals surface area contributed by atoms with Crippen molar-refractivity contribution in [2.24, 2.45) is 0 Å². The number of carboxylic acid groups (broad SMARTS) is 1. The van der Waals surface area contributed by atoms with Crippen molar-refractivity contribution >= 4 is 18.0 Å². The summed E-state index contributed by atoms with van der Waals surface area (Å²) in [7, 11) is 1.26. The van der Waals surface area contributed by atoms with E-state index >= 15 is 0 Å². The van der Waals surface area contributed by atoms with Crippen LogP contribution >= 0.6 is 0 Å². The van der Waals surface area contributed by atoms with Crippen LogP contribution in [-0.4, -0.2) is 78.9 Å². The highest BCUT2D eigenvalue weighted by molar-refractivity contribution is 5.79. The van der Waals surface area contributed by atoms with Crippen molar-refractivity contribution < 1.29 is 29.0 Å². The molecule has 1 fully saturated rings. The number of morpholine rings is 1. The molecule has 0 aliphatic carbocycles. The lowest BCUT2D eigenvalue weighted by Gasteiger charge is -2.35. The van der Waals surface area contributed by atoms with Crippen LogP contribution in [0.2, 0.25) is 0 Å². The highest BCUT2D eigenvalue weighted by atomic mass is 16.6. The molecule has 0 aromatic carbocycles. The number of esters is 1. The van der Waals surface area contributed by atoms with Crippen LogP contribution in [0.1, 0.15) is 13.3 Å². The van der Waals surface area contributed by atoms with Crippen LogP contribution in [0.15, 0.2) is 0 Å². The van der Waals surface area contributed by atoms with E-state index in [2.05, 4.69) is 4.74 Å². The smallest absolute Gasteiger partial charge is 0.336 e. The van der Waals surface area contributed by atoms with E-state index in [9.17, 15) is 14.4 Å². The first kappa shape index (κ1) is 16.2. The molecule has 8 nitrogen and oxygen atoms in total. The molecular formula is C12H20N2O6. The molecule has 114 valence electrons. The lowest BCUT2D eigenvalue weighted by Crippen LogP contribution is -2.53. The monoisotopic (exact) mass is 288 g/mol. The lowest BCUT2D eigenvalue weighted by atomic mass is 10.3. The fourth-order valence-electron chi connectivity index (χ4n) is 1.92. The summed E-state index contributed by atoms with van der Waals surface area (Å²) in [5, 5.41) is 8.66. The minimum atomic E-state index is -0.953. The molecule has 0 spiro atoms. The first-order valence-corrected chi connectivity index (χ1v) is 6.44. The van der Waals surface area contributed by atoms with Gasteiger partial charge in [-0.2, -0.15) is 0 Å². The van der Waals surface area contributed by atoms with Gasteiger partial charge >= 0.3 is 18.0 Å². The van der Waals surface area contributed by atoms with Crippen molar-refractivity contribution in [3.8, 4) is 0 Å². The highest BCUT2D eigenvalue weighted by Gasteiger charge is 2.31. The molecule has 2 amide bonds. The number of aliphatic carboxylic acids is 1. The third-order valence-electron chi connectivity index (χ3n) is 3.05. The molecule has 1 aliphatic rings. The Labute approximate surface area is 117 Å². The van der Waals surface area contributed by atoms with E-state index < -0.39 is 18.0 Å². The molecule has 0 aromatic heterocycles. The van der Waals surface area contributed by atoms with Gasteiger partial charge in [0, 0.05) is 19.6 Å². The van der Waals surface area contributed by atoms with Gasteiger partial charge in [0.1, 0.15) is 0 Å². The third kappa shape index (κ3) is 4.37. The molecule has 0 radical (unpaired) electrons. The predicted molar refractivity (Wildman–Crippen MR) is 68.2 cm³/mol. The van der Waals surface area contributed by atoms with Crippen LogP contribution in [0.4, 0.5) is 4.79 Å². The van der Waals surface area contributed by atoms with Crippen LogP contribution in [0.3, 0.4) is 0 Å². The van der Waals surface area contributed by atoms with Gasteiger partial charge in [-0.25, -0.2) is 9.59 Å². The molecule has 20 heavy (non-hydrogen) atoms. The summed E-state index contributed by atoms with van der Waals surface area (Å²) < 4.78 is 9.83. The van der Waals surface area contributed by atoms with E-state index in [4.69, 9.17) is 9.84 Å². The Morgan fingerprint density at radius 1 is 1.45 bits per heavy atom. The van der Waals surface area contributed by atoms with Crippen LogP contribution in [-0.2, 0) is 19.1 Å². The van der Waals surface area contributed by atoms with Gasteiger partial charge in [0.25, 0.3) is 0 Å².